The van der Waals surface area contributed by atoms with Crippen LogP contribution in [0.3, 0.4) is 0 Å². The number of methoxy groups -OCH3 is 1. The summed E-state index contributed by atoms with van der Waals surface area (Å²) in [4.78, 5) is 32.3. The summed E-state index contributed by atoms with van der Waals surface area (Å²) in [6, 6.07) is 4.85. The maximum atomic E-state index is 13.9. The maximum Gasteiger partial charge on any atom is 0.303 e. The number of ether oxygens (including phenoxy) is 1. The van der Waals surface area contributed by atoms with Gasteiger partial charge in [0, 0.05) is 56.7 Å². The molecule has 3 rings (SSSR count). The zero-order valence-electron chi connectivity index (χ0n) is 18.1. The van der Waals surface area contributed by atoms with Crippen LogP contribution in [0.1, 0.15) is 38.1 Å². The average Bonchev–Trinajstić information content (AvgIpc) is 2.73. The molecule has 0 fully saturated rings. The molecule has 0 aliphatic heterocycles. The van der Waals surface area contributed by atoms with Crippen LogP contribution < -0.4 is 10.6 Å². The first-order valence-electron chi connectivity index (χ1n) is 9.81. The predicted molar refractivity (Wildman–Crippen MR) is 115 cm³/mol. The van der Waals surface area contributed by atoms with Gasteiger partial charge in [-0.05, 0) is 12.5 Å². The lowest BCUT2D eigenvalue weighted by molar-refractivity contribution is -0.114. The van der Waals surface area contributed by atoms with E-state index in [-0.39, 0.29) is 24.1 Å². The minimum Gasteiger partial charge on any atom is -0.377 e. The van der Waals surface area contributed by atoms with Gasteiger partial charge in [0.25, 0.3) is 0 Å². The molecule has 3 aromatic rings. The lowest BCUT2D eigenvalue weighted by Crippen LogP contribution is -2.15. The molecule has 32 heavy (non-hydrogen) atoms. The largest absolute Gasteiger partial charge is 0.377 e. The molecular formula is C21H23F2N7O2. The van der Waals surface area contributed by atoms with Crippen LogP contribution in [-0.2, 0) is 28.5 Å². The van der Waals surface area contributed by atoms with Crippen molar-refractivity contribution in [1.82, 2.24) is 24.9 Å². The fourth-order valence-electron chi connectivity index (χ4n) is 2.84. The van der Waals surface area contributed by atoms with Crippen LogP contribution >= 0.6 is 0 Å². The Labute approximate surface area is 183 Å². The van der Waals surface area contributed by atoms with Gasteiger partial charge < -0.3 is 15.4 Å². The lowest BCUT2D eigenvalue weighted by atomic mass is 10.1. The number of anilines is 3. The van der Waals surface area contributed by atoms with E-state index in [1.807, 2.05) is 6.92 Å². The van der Waals surface area contributed by atoms with Crippen LogP contribution in [0.4, 0.5) is 26.1 Å². The molecule has 0 saturated heterocycles. The van der Waals surface area contributed by atoms with E-state index >= 15 is 0 Å². The number of aryl methyl sites for hydroxylation is 1. The highest BCUT2D eigenvalue weighted by molar-refractivity contribution is 5.89. The van der Waals surface area contributed by atoms with Crippen molar-refractivity contribution in [2.75, 3.05) is 17.7 Å². The second kappa shape index (κ2) is 9.69. The van der Waals surface area contributed by atoms with Gasteiger partial charge in [-0.25, -0.2) is 24.9 Å². The van der Waals surface area contributed by atoms with Gasteiger partial charge in [-0.3, -0.25) is 4.79 Å². The average molecular weight is 443 g/mol. The predicted octanol–water partition coefficient (Wildman–Crippen LogP) is 3.85. The van der Waals surface area contributed by atoms with Crippen molar-refractivity contribution in [1.29, 1.82) is 0 Å². The number of nitrogens with zero attached hydrogens (tertiary/aromatic N) is 5. The summed E-state index contributed by atoms with van der Waals surface area (Å²) in [5.41, 5.74) is 2.00. The fraction of sp³-hybridized carbons (Fsp3) is 0.333. The van der Waals surface area contributed by atoms with E-state index in [0.29, 0.717) is 34.9 Å². The fourth-order valence-corrected chi connectivity index (χ4v) is 2.84. The number of amides is 1. The quantitative estimate of drug-likeness (QED) is 0.540. The molecular weight excluding hydrogens is 420 g/mol. The molecule has 0 bridgehead atoms. The number of rotatable bonds is 8. The van der Waals surface area contributed by atoms with Crippen molar-refractivity contribution >= 4 is 23.2 Å². The summed E-state index contributed by atoms with van der Waals surface area (Å²) in [7, 11) is 1.54. The van der Waals surface area contributed by atoms with E-state index in [9.17, 15) is 13.6 Å². The zero-order chi connectivity index (χ0) is 23.3. The molecule has 0 aliphatic rings. The molecule has 3 heterocycles. The number of pyridine rings is 1. The maximum absolute atomic E-state index is 13.9. The number of aromatic nitrogens is 5. The molecule has 0 atom stereocenters. The number of halogens is 2. The second-order valence-corrected chi connectivity index (χ2v) is 7.02. The van der Waals surface area contributed by atoms with Gasteiger partial charge in [0.2, 0.25) is 11.7 Å². The highest BCUT2D eigenvalue weighted by Gasteiger charge is 2.29. The molecule has 2 N–H and O–H groups in total. The Kier molecular flexibility index (Phi) is 6.98. The standard InChI is InChI=1S/C21H23F2N7O2/c1-5-13-8-18(30-20(27-13)21(3,22)23)29-16-9-17(26-12(2)31)25-10-14(16)15-6-7-24-19(28-15)11-32-4/h6-10H,5,11H2,1-4H3,(H2,25,26,27,29,30,31). The molecule has 3 aromatic heterocycles. The second-order valence-electron chi connectivity index (χ2n) is 7.02. The van der Waals surface area contributed by atoms with Crippen LogP contribution in [0.25, 0.3) is 11.3 Å². The first-order chi connectivity index (χ1) is 15.2. The van der Waals surface area contributed by atoms with Crippen LogP contribution in [-0.4, -0.2) is 37.9 Å². The molecule has 9 nitrogen and oxygen atoms in total. The molecule has 0 spiro atoms. The lowest BCUT2D eigenvalue weighted by Gasteiger charge is -2.16. The first-order valence-corrected chi connectivity index (χ1v) is 9.81. The van der Waals surface area contributed by atoms with Crippen LogP contribution in [0.15, 0.2) is 30.6 Å². The Hall–Kier alpha value is -3.60. The monoisotopic (exact) mass is 443 g/mol. The number of nitrogens with one attached hydrogen (secondary N) is 2. The summed E-state index contributed by atoms with van der Waals surface area (Å²) in [5.74, 6) is -3.16. The minimum atomic E-state index is -3.20. The topological polar surface area (TPSA) is 115 Å². The highest BCUT2D eigenvalue weighted by atomic mass is 19.3. The molecule has 1 amide bonds. The molecule has 168 valence electrons. The van der Waals surface area contributed by atoms with E-state index in [2.05, 4.69) is 35.6 Å². The van der Waals surface area contributed by atoms with Crippen molar-refractivity contribution in [3.63, 3.8) is 0 Å². The zero-order valence-corrected chi connectivity index (χ0v) is 18.1. The third kappa shape index (κ3) is 5.76. The number of carbonyl (C=O) groups is 1. The van der Waals surface area contributed by atoms with Crippen molar-refractivity contribution in [2.24, 2.45) is 0 Å². The molecule has 0 aliphatic carbocycles. The number of hydrogen-bond acceptors (Lipinski definition) is 8. The Morgan fingerprint density at radius 3 is 2.59 bits per heavy atom. The van der Waals surface area contributed by atoms with E-state index in [0.717, 1.165) is 6.92 Å². The normalized spacial score (nSPS) is 11.3. The van der Waals surface area contributed by atoms with Gasteiger partial charge in [0.1, 0.15) is 18.2 Å². The van der Waals surface area contributed by atoms with Crippen LogP contribution in [0.5, 0.6) is 0 Å². The van der Waals surface area contributed by atoms with Gasteiger partial charge in [0.05, 0.1) is 11.4 Å². The third-order valence-corrected chi connectivity index (χ3v) is 4.26. The SMILES string of the molecule is CCc1cc(Nc2cc(NC(C)=O)ncc2-c2ccnc(COC)n2)nc(C(C)(F)F)n1. The Balaban J connectivity index is 2.09. The Bertz CT molecular complexity index is 1120. The van der Waals surface area contributed by atoms with Crippen molar-refractivity contribution in [2.45, 2.75) is 39.7 Å². The number of hydrogen-bond donors (Lipinski definition) is 2. The molecule has 0 unspecified atom stereocenters. The minimum absolute atomic E-state index is 0.181. The highest BCUT2D eigenvalue weighted by Crippen LogP contribution is 2.31. The third-order valence-electron chi connectivity index (χ3n) is 4.26. The van der Waals surface area contributed by atoms with Crippen molar-refractivity contribution in [3.05, 3.63) is 47.9 Å². The summed E-state index contributed by atoms with van der Waals surface area (Å²) in [5, 5.41) is 5.66. The van der Waals surface area contributed by atoms with Gasteiger partial charge in [0.15, 0.2) is 5.82 Å². The summed E-state index contributed by atoms with van der Waals surface area (Å²) in [6.07, 6.45) is 3.55. The summed E-state index contributed by atoms with van der Waals surface area (Å²) < 4.78 is 32.9. The van der Waals surface area contributed by atoms with Gasteiger partial charge >= 0.3 is 5.92 Å². The van der Waals surface area contributed by atoms with Crippen molar-refractivity contribution in [3.8, 4) is 11.3 Å². The van der Waals surface area contributed by atoms with Crippen LogP contribution in [0.2, 0.25) is 0 Å². The Morgan fingerprint density at radius 1 is 1.16 bits per heavy atom. The smallest absolute Gasteiger partial charge is 0.303 e. The van der Waals surface area contributed by atoms with E-state index < -0.39 is 11.7 Å². The van der Waals surface area contributed by atoms with Crippen LogP contribution in [0, 0.1) is 0 Å². The van der Waals surface area contributed by atoms with Gasteiger partial charge in [-0.2, -0.15) is 8.78 Å². The van der Waals surface area contributed by atoms with E-state index in [1.165, 1.54) is 20.2 Å². The first kappa shape index (κ1) is 23.1. The van der Waals surface area contributed by atoms with Crippen molar-refractivity contribution < 1.29 is 18.3 Å². The van der Waals surface area contributed by atoms with E-state index in [4.69, 9.17) is 4.74 Å². The summed E-state index contributed by atoms with van der Waals surface area (Å²) in [6.45, 7) is 4.14. The molecule has 0 radical (unpaired) electrons. The van der Waals surface area contributed by atoms with E-state index in [1.54, 1.807) is 24.4 Å². The molecule has 0 saturated carbocycles. The summed E-state index contributed by atoms with van der Waals surface area (Å²) >= 11 is 0. The molecule has 11 heteroatoms. The Morgan fingerprint density at radius 2 is 1.94 bits per heavy atom. The number of carbonyl (C=O) groups excluding carboxylic acids is 1. The van der Waals surface area contributed by atoms with Gasteiger partial charge in [-0.15, -0.1) is 0 Å². The molecule has 0 aromatic carbocycles. The number of alkyl halides is 2. The van der Waals surface area contributed by atoms with Gasteiger partial charge in [-0.1, -0.05) is 6.92 Å².